The van der Waals surface area contributed by atoms with E-state index in [0.717, 1.165) is 0 Å². The highest BCUT2D eigenvalue weighted by Crippen LogP contribution is 2.11. The molecule has 0 aromatic carbocycles. The molecule has 200 valence electrons. The van der Waals surface area contributed by atoms with Crippen molar-refractivity contribution in [2.75, 3.05) is 13.2 Å². The number of nitrogens with two attached hydrogens (primary N) is 4. The first kappa shape index (κ1) is 31.5. The molecular weight excluding hydrogens is 464 g/mol. The van der Waals surface area contributed by atoms with E-state index in [2.05, 4.69) is 20.9 Å². The lowest BCUT2D eigenvalue weighted by atomic mass is 9.96. The van der Waals surface area contributed by atoms with Gasteiger partial charge in [-0.3, -0.25) is 24.2 Å². The van der Waals surface area contributed by atoms with Gasteiger partial charge in [0.05, 0.1) is 6.61 Å². The molecule has 15 heteroatoms. The number of aliphatic hydroxyl groups is 1. The molecule has 4 amide bonds. The first-order valence-corrected chi connectivity index (χ1v) is 11.2. The number of aliphatic carboxylic acids is 1. The second kappa shape index (κ2) is 16.2. The van der Waals surface area contributed by atoms with E-state index in [1.807, 2.05) is 0 Å². The van der Waals surface area contributed by atoms with Crippen LogP contribution in [0.5, 0.6) is 0 Å². The van der Waals surface area contributed by atoms with Crippen LogP contribution >= 0.6 is 0 Å². The molecule has 5 atom stereocenters. The number of aliphatic imine (C=N–C) groups is 1. The lowest BCUT2D eigenvalue weighted by Crippen LogP contribution is -2.59. The zero-order valence-corrected chi connectivity index (χ0v) is 20.0. The van der Waals surface area contributed by atoms with Crippen LogP contribution < -0.4 is 38.9 Å². The maximum Gasteiger partial charge on any atom is 0.326 e. The number of primary amides is 1. The molecule has 0 radical (unpaired) electrons. The van der Waals surface area contributed by atoms with E-state index in [4.69, 9.17) is 28.0 Å². The average Bonchev–Trinajstić information content (AvgIpc) is 2.79. The van der Waals surface area contributed by atoms with Crippen molar-refractivity contribution < 1.29 is 34.2 Å². The SMILES string of the molecule is CCC(C)C(NC(=O)C(CCCN=C(N)N)NC(=O)C(N)CO)C(=O)NC(CCC(N)=O)C(=O)O. The molecule has 0 aromatic heterocycles. The van der Waals surface area contributed by atoms with Crippen LogP contribution in [0.2, 0.25) is 0 Å². The number of hydrogen-bond donors (Lipinski definition) is 9. The fraction of sp³-hybridized carbons (Fsp3) is 0.700. The van der Waals surface area contributed by atoms with Gasteiger partial charge in [-0.05, 0) is 25.2 Å². The summed E-state index contributed by atoms with van der Waals surface area (Å²) in [5.74, 6) is -4.93. The van der Waals surface area contributed by atoms with Gasteiger partial charge in [0, 0.05) is 13.0 Å². The summed E-state index contributed by atoms with van der Waals surface area (Å²) in [5, 5.41) is 25.7. The number of carboxylic acid groups (broad SMARTS) is 1. The van der Waals surface area contributed by atoms with Crippen molar-refractivity contribution in [3.63, 3.8) is 0 Å². The zero-order valence-electron chi connectivity index (χ0n) is 20.0. The molecule has 35 heavy (non-hydrogen) atoms. The topological polar surface area (TPSA) is 278 Å². The smallest absolute Gasteiger partial charge is 0.326 e. The molecule has 0 spiro atoms. The van der Waals surface area contributed by atoms with Gasteiger partial charge in [-0.15, -0.1) is 0 Å². The number of aliphatic hydroxyl groups excluding tert-OH is 1. The van der Waals surface area contributed by atoms with Crippen molar-refractivity contribution in [3.05, 3.63) is 0 Å². The molecule has 0 rings (SSSR count). The van der Waals surface area contributed by atoms with Crippen molar-refractivity contribution >= 4 is 35.6 Å². The normalized spacial score (nSPS) is 15.0. The molecule has 0 aliphatic carbocycles. The van der Waals surface area contributed by atoms with Crippen molar-refractivity contribution in [1.29, 1.82) is 0 Å². The number of amides is 4. The van der Waals surface area contributed by atoms with Crippen LogP contribution in [0.4, 0.5) is 0 Å². The largest absolute Gasteiger partial charge is 0.480 e. The van der Waals surface area contributed by atoms with Crippen molar-refractivity contribution in [1.82, 2.24) is 16.0 Å². The van der Waals surface area contributed by atoms with E-state index in [9.17, 15) is 29.1 Å². The van der Waals surface area contributed by atoms with E-state index >= 15 is 0 Å². The van der Waals surface area contributed by atoms with Crippen LogP contribution in [0, 0.1) is 5.92 Å². The third-order valence-electron chi connectivity index (χ3n) is 5.20. The fourth-order valence-corrected chi connectivity index (χ4v) is 2.90. The number of nitrogens with one attached hydrogen (secondary N) is 3. The summed E-state index contributed by atoms with van der Waals surface area (Å²) in [6.45, 7) is 2.97. The Morgan fingerprint density at radius 2 is 1.51 bits per heavy atom. The highest BCUT2D eigenvalue weighted by molar-refractivity contribution is 5.94. The standard InChI is InChI=1S/C20H38N8O7/c1-3-10(2)15(18(33)27-13(19(34)35)6-7-14(22)30)28-17(32)12(5-4-8-25-20(23)24)26-16(31)11(21)9-29/h10-13,15,29H,3-9,21H2,1-2H3,(H2,22,30)(H,26,31)(H,27,33)(H,28,32)(H,34,35)(H4,23,24,25). The summed E-state index contributed by atoms with van der Waals surface area (Å²) in [6, 6.07) is -4.94. The van der Waals surface area contributed by atoms with Gasteiger partial charge in [-0.25, -0.2) is 4.79 Å². The number of hydrogen-bond acceptors (Lipinski definition) is 8. The summed E-state index contributed by atoms with van der Waals surface area (Å²) in [5.41, 5.74) is 21.1. The molecule has 0 aliphatic heterocycles. The Kier molecular flexibility index (Phi) is 14.6. The van der Waals surface area contributed by atoms with E-state index in [-0.39, 0.29) is 31.8 Å². The molecule has 0 bridgehead atoms. The summed E-state index contributed by atoms with van der Waals surface area (Å²) in [7, 11) is 0. The van der Waals surface area contributed by atoms with Gasteiger partial charge in [0.15, 0.2) is 5.96 Å². The van der Waals surface area contributed by atoms with Crippen LogP contribution in [0.1, 0.15) is 46.0 Å². The molecule has 0 saturated carbocycles. The van der Waals surface area contributed by atoms with E-state index in [0.29, 0.717) is 12.8 Å². The van der Waals surface area contributed by atoms with Crippen LogP contribution in [0.25, 0.3) is 0 Å². The summed E-state index contributed by atoms with van der Waals surface area (Å²) in [6.07, 6.45) is 0.345. The Morgan fingerprint density at radius 3 is 2.00 bits per heavy atom. The maximum absolute atomic E-state index is 13.0. The minimum Gasteiger partial charge on any atom is -0.480 e. The summed E-state index contributed by atoms with van der Waals surface area (Å²) in [4.78, 5) is 64.4. The third kappa shape index (κ3) is 12.5. The highest BCUT2D eigenvalue weighted by Gasteiger charge is 2.32. The fourth-order valence-electron chi connectivity index (χ4n) is 2.90. The highest BCUT2D eigenvalue weighted by atomic mass is 16.4. The Bertz CT molecular complexity index is 773. The quantitative estimate of drug-likeness (QED) is 0.0531. The van der Waals surface area contributed by atoms with Crippen LogP contribution in [0.15, 0.2) is 4.99 Å². The van der Waals surface area contributed by atoms with Gasteiger partial charge in [0.2, 0.25) is 23.6 Å². The lowest BCUT2D eigenvalue weighted by molar-refractivity contribution is -0.143. The van der Waals surface area contributed by atoms with Crippen LogP contribution in [-0.2, 0) is 24.0 Å². The summed E-state index contributed by atoms with van der Waals surface area (Å²) < 4.78 is 0. The van der Waals surface area contributed by atoms with Crippen molar-refractivity contribution in [2.24, 2.45) is 33.8 Å². The predicted octanol–water partition coefficient (Wildman–Crippen LogP) is -3.79. The second-order valence-electron chi connectivity index (χ2n) is 8.08. The molecule has 0 fully saturated rings. The number of carbonyl (C=O) groups is 5. The first-order valence-electron chi connectivity index (χ1n) is 11.2. The van der Waals surface area contributed by atoms with Gasteiger partial charge in [-0.1, -0.05) is 20.3 Å². The van der Waals surface area contributed by atoms with E-state index in [1.165, 1.54) is 0 Å². The first-order chi connectivity index (χ1) is 16.3. The van der Waals surface area contributed by atoms with Crippen molar-refractivity contribution in [2.45, 2.75) is 70.1 Å². The maximum atomic E-state index is 13.0. The van der Waals surface area contributed by atoms with E-state index in [1.54, 1.807) is 13.8 Å². The Labute approximate surface area is 203 Å². The van der Waals surface area contributed by atoms with Gasteiger partial charge < -0.3 is 49.1 Å². The molecule has 0 aromatic rings. The molecule has 13 N–H and O–H groups in total. The molecule has 0 heterocycles. The average molecular weight is 503 g/mol. The number of guanidine groups is 1. The summed E-state index contributed by atoms with van der Waals surface area (Å²) >= 11 is 0. The van der Waals surface area contributed by atoms with Gasteiger partial charge >= 0.3 is 5.97 Å². The Hall–Kier alpha value is -3.46. The minimum absolute atomic E-state index is 0.0811. The van der Waals surface area contributed by atoms with Gasteiger partial charge in [-0.2, -0.15) is 0 Å². The molecule has 15 nitrogen and oxygen atoms in total. The Balaban J connectivity index is 5.59. The second-order valence-corrected chi connectivity index (χ2v) is 8.08. The number of carboxylic acids is 1. The van der Waals surface area contributed by atoms with Gasteiger partial charge in [0.25, 0.3) is 0 Å². The number of rotatable bonds is 17. The predicted molar refractivity (Wildman–Crippen MR) is 126 cm³/mol. The minimum atomic E-state index is -1.39. The third-order valence-corrected chi connectivity index (χ3v) is 5.20. The van der Waals surface area contributed by atoms with Crippen LogP contribution in [-0.4, -0.2) is 83.1 Å². The molecule has 5 unspecified atom stereocenters. The number of carbonyl (C=O) groups excluding carboxylic acids is 4. The van der Waals surface area contributed by atoms with E-state index < -0.39 is 66.3 Å². The zero-order chi connectivity index (χ0) is 27.1. The Morgan fingerprint density at radius 1 is 0.914 bits per heavy atom. The molecule has 0 aliphatic rings. The van der Waals surface area contributed by atoms with Crippen molar-refractivity contribution in [3.8, 4) is 0 Å². The molecular formula is C20H38N8O7. The lowest BCUT2D eigenvalue weighted by Gasteiger charge is -2.28. The number of nitrogens with zero attached hydrogens (tertiary/aromatic N) is 1. The molecule has 0 saturated heterocycles. The van der Waals surface area contributed by atoms with Crippen LogP contribution in [0.3, 0.4) is 0 Å². The monoisotopic (exact) mass is 502 g/mol. The van der Waals surface area contributed by atoms with Gasteiger partial charge in [0.1, 0.15) is 24.2 Å².